The first-order valence-corrected chi connectivity index (χ1v) is 7.93. The first-order valence-electron chi connectivity index (χ1n) is 7.93. The molecule has 0 aromatic heterocycles. The highest BCUT2D eigenvalue weighted by molar-refractivity contribution is 5.45. The Kier molecular flexibility index (Phi) is 7.20. The molecular formula is C18H31NO2. The topological polar surface area (TPSA) is 55.5 Å². The number of aliphatic hydroxyl groups is 1. The van der Waals surface area contributed by atoms with E-state index in [2.05, 4.69) is 46.8 Å². The van der Waals surface area contributed by atoms with Crippen molar-refractivity contribution in [2.45, 2.75) is 47.0 Å². The van der Waals surface area contributed by atoms with E-state index >= 15 is 0 Å². The average molecular weight is 293 g/mol. The highest BCUT2D eigenvalue weighted by atomic mass is 16.5. The number of rotatable bonds is 8. The molecule has 3 heteroatoms. The maximum Gasteiger partial charge on any atom is 0.125 e. The Bertz CT molecular complexity index is 439. The standard InChI is InChI=1S/C18H31NO2/c1-12(2)11-21-18-15(5)6-13(3)7-17(18)14(4)8-16(9-19)10-20/h6-7,12,14,16,20H,8-11,19H2,1-5H3. The van der Waals surface area contributed by atoms with Crippen LogP contribution in [0.15, 0.2) is 12.1 Å². The van der Waals surface area contributed by atoms with Crippen LogP contribution in [-0.4, -0.2) is 24.9 Å². The molecule has 1 rings (SSSR count). The molecule has 1 aromatic rings. The molecule has 2 atom stereocenters. The fraction of sp³-hybridized carbons (Fsp3) is 0.667. The summed E-state index contributed by atoms with van der Waals surface area (Å²) < 4.78 is 6.06. The maximum absolute atomic E-state index is 9.37. The molecule has 0 spiro atoms. The summed E-state index contributed by atoms with van der Waals surface area (Å²) in [4.78, 5) is 0. The smallest absolute Gasteiger partial charge is 0.125 e. The summed E-state index contributed by atoms with van der Waals surface area (Å²) in [5, 5.41) is 9.37. The Balaban J connectivity index is 3.02. The second-order valence-corrected chi connectivity index (χ2v) is 6.63. The lowest BCUT2D eigenvalue weighted by Crippen LogP contribution is -2.20. The molecule has 3 nitrogen and oxygen atoms in total. The van der Waals surface area contributed by atoms with Crippen molar-refractivity contribution in [2.75, 3.05) is 19.8 Å². The number of ether oxygens (including phenoxy) is 1. The third-order valence-electron chi connectivity index (χ3n) is 3.82. The lowest BCUT2D eigenvalue weighted by Gasteiger charge is -2.23. The van der Waals surface area contributed by atoms with Crippen molar-refractivity contribution in [1.82, 2.24) is 0 Å². The molecule has 2 unspecified atom stereocenters. The zero-order chi connectivity index (χ0) is 16.0. The average Bonchev–Trinajstić information content (AvgIpc) is 2.42. The van der Waals surface area contributed by atoms with Crippen LogP contribution in [0.1, 0.15) is 49.8 Å². The number of benzene rings is 1. The van der Waals surface area contributed by atoms with E-state index in [1.807, 2.05) is 0 Å². The van der Waals surface area contributed by atoms with E-state index in [1.165, 1.54) is 16.7 Å². The van der Waals surface area contributed by atoms with E-state index in [1.54, 1.807) is 0 Å². The molecular weight excluding hydrogens is 262 g/mol. The van der Waals surface area contributed by atoms with Gasteiger partial charge in [0, 0.05) is 6.61 Å². The van der Waals surface area contributed by atoms with E-state index in [0.717, 1.165) is 18.8 Å². The largest absolute Gasteiger partial charge is 0.493 e. The molecule has 0 aliphatic carbocycles. The van der Waals surface area contributed by atoms with Crippen LogP contribution in [0.4, 0.5) is 0 Å². The van der Waals surface area contributed by atoms with E-state index in [9.17, 15) is 5.11 Å². The summed E-state index contributed by atoms with van der Waals surface area (Å²) in [5.74, 6) is 1.99. The van der Waals surface area contributed by atoms with Crippen LogP contribution < -0.4 is 10.5 Å². The molecule has 1 aromatic carbocycles. The molecule has 0 fully saturated rings. The molecule has 120 valence electrons. The van der Waals surface area contributed by atoms with Crippen LogP contribution in [-0.2, 0) is 0 Å². The monoisotopic (exact) mass is 293 g/mol. The second kappa shape index (κ2) is 8.40. The van der Waals surface area contributed by atoms with Crippen LogP contribution in [0.5, 0.6) is 5.75 Å². The summed E-state index contributed by atoms with van der Waals surface area (Å²) in [7, 11) is 0. The van der Waals surface area contributed by atoms with E-state index in [4.69, 9.17) is 10.5 Å². The van der Waals surface area contributed by atoms with Gasteiger partial charge in [-0.25, -0.2) is 0 Å². The molecule has 3 N–H and O–H groups in total. The Morgan fingerprint density at radius 1 is 1.19 bits per heavy atom. The fourth-order valence-corrected chi connectivity index (χ4v) is 2.67. The van der Waals surface area contributed by atoms with Crippen LogP contribution in [0.2, 0.25) is 0 Å². The number of aliphatic hydroxyl groups excluding tert-OH is 1. The number of aryl methyl sites for hydroxylation is 2. The lowest BCUT2D eigenvalue weighted by atomic mass is 9.88. The summed E-state index contributed by atoms with van der Waals surface area (Å²) in [5.41, 5.74) is 9.39. The van der Waals surface area contributed by atoms with Crippen LogP contribution in [0.25, 0.3) is 0 Å². The van der Waals surface area contributed by atoms with Gasteiger partial charge in [0.1, 0.15) is 5.75 Å². The molecule has 0 heterocycles. The molecule has 21 heavy (non-hydrogen) atoms. The SMILES string of the molecule is Cc1cc(C)c(OCC(C)C)c(C(C)CC(CN)CO)c1. The van der Waals surface area contributed by atoms with Crippen molar-refractivity contribution < 1.29 is 9.84 Å². The summed E-state index contributed by atoms with van der Waals surface area (Å²) in [6, 6.07) is 4.37. The zero-order valence-corrected chi connectivity index (χ0v) is 14.1. The van der Waals surface area contributed by atoms with Gasteiger partial charge < -0.3 is 15.6 Å². The quantitative estimate of drug-likeness (QED) is 0.772. The van der Waals surface area contributed by atoms with Crippen LogP contribution in [0, 0.1) is 25.7 Å². The van der Waals surface area contributed by atoms with Crippen molar-refractivity contribution in [3.8, 4) is 5.75 Å². The van der Waals surface area contributed by atoms with Gasteiger partial charge in [-0.05, 0) is 55.7 Å². The van der Waals surface area contributed by atoms with E-state index in [-0.39, 0.29) is 12.5 Å². The van der Waals surface area contributed by atoms with Crippen LogP contribution >= 0.6 is 0 Å². The van der Waals surface area contributed by atoms with E-state index < -0.39 is 0 Å². The molecule has 0 saturated heterocycles. The molecule has 0 bridgehead atoms. The minimum atomic E-state index is 0.147. The first kappa shape index (κ1) is 18.0. The predicted octanol–water partition coefficient (Wildman–Crippen LogP) is 3.40. The van der Waals surface area contributed by atoms with Crippen molar-refractivity contribution in [3.05, 3.63) is 28.8 Å². The third kappa shape index (κ3) is 5.33. The van der Waals surface area contributed by atoms with Gasteiger partial charge in [0.15, 0.2) is 0 Å². The minimum Gasteiger partial charge on any atom is -0.493 e. The second-order valence-electron chi connectivity index (χ2n) is 6.63. The Hall–Kier alpha value is -1.06. The van der Waals surface area contributed by atoms with Gasteiger partial charge in [0.25, 0.3) is 0 Å². The summed E-state index contributed by atoms with van der Waals surface area (Å²) in [6.45, 7) is 12.1. The highest BCUT2D eigenvalue weighted by Crippen LogP contribution is 2.34. The minimum absolute atomic E-state index is 0.147. The molecule has 0 amide bonds. The Morgan fingerprint density at radius 2 is 1.86 bits per heavy atom. The van der Waals surface area contributed by atoms with Crippen molar-refractivity contribution in [1.29, 1.82) is 0 Å². The zero-order valence-electron chi connectivity index (χ0n) is 14.1. The normalized spacial score (nSPS) is 14.3. The van der Waals surface area contributed by atoms with Crippen molar-refractivity contribution in [3.63, 3.8) is 0 Å². The number of nitrogens with two attached hydrogens (primary N) is 1. The molecule has 0 radical (unpaired) electrons. The predicted molar refractivity (Wildman–Crippen MR) is 88.9 cm³/mol. The molecule has 0 saturated carbocycles. The van der Waals surface area contributed by atoms with Gasteiger partial charge in [-0.1, -0.05) is 38.5 Å². The van der Waals surface area contributed by atoms with Gasteiger partial charge >= 0.3 is 0 Å². The van der Waals surface area contributed by atoms with Crippen molar-refractivity contribution >= 4 is 0 Å². The van der Waals surface area contributed by atoms with E-state index in [0.29, 0.717) is 18.4 Å². The highest BCUT2D eigenvalue weighted by Gasteiger charge is 2.18. The summed E-state index contributed by atoms with van der Waals surface area (Å²) in [6.07, 6.45) is 0.883. The fourth-order valence-electron chi connectivity index (χ4n) is 2.67. The van der Waals surface area contributed by atoms with Gasteiger partial charge in [0.05, 0.1) is 6.61 Å². The maximum atomic E-state index is 9.37. The van der Waals surface area contributed by atoms with Gasteiger partial charge in [-0.15, -0.1) is 0 Å². The van der Waals surface area contributed by atoms with Crippen LogP contribution in [0.3, 0.4) is 0 Å². The lowest BCUT2D eigenvalue weighted by molar-refractivity contribution is 0.215. The summed E-state index contributed by atoms with van der Waals surface area (Å²) >= 11 is 0. The number of hydrogen-bond acceptors (Lipinski definition) is 3. The molecule has 0 aliphatic rings. The van der Waals surface area contributed by atoms with Crippen molar-refractivity contribution in [2.24, 2.45) is 17.6 Å². The van der Waals surface area contributed by atoms with Gasteiger partial charge in [0.2, 0.25) is 0 Å². The van der Waals surface area contributed by atoms with Gasteiger partial charge in [-0.3, -0.25) is 0 Å². The third-order valence-corrected chi connectivity index (χ3v) is 3.82. The first-order chi connectivity index (χ1) is 9.88. The van der Waals surface area contributed by atoms with Gasteiger partial charge in [-0.2, -0.15) is 0 Å². The molecule has 0 aliphatic heterocycles. The number of hydrogen-bond donors (Lipinski definition) is 2. The Morgan fingerprint density at radius 3 is 2.38 bits per heavy atom. The Labute approximate surface area is 129 Å².